The van der Waals surface area contributed by atoms with Gasteiger partial charge in [-0.05, 0) is 91.9 Å². The molecule has 6 atom stereocenters. The van der Waals surface area contributed by atoms with E-state index in [0.717, 1.165) is 55.8 Å². The van der Waals surface area contributed by atoms with E-state index < -0.39 is 0 Å². The third kappa shape index (κ3) is 2.96. The minimum absolute atomic E-state index is 0.295. The fraction of sp³-hybridized carbons (Fsp3) is 0.833. The summed E-state index contributed by atoms with van der Waals surface area (Å²) in [6, 6.07) is 2.37. The van der Waals surface area contributed by atoms with Crippen LogP contribution in [-0.4, -0.2) is 5.78 Å². The van der Waals surface area contributed by atoms with Crippen molar-refractivity contribution in [3.05, 3.63) is 11.6 Å². The molecule has 0 aliphatic heterocycles. The highest BCUT2D eigenvalue weighted by Crippen LogP contribution is 2.67. The van der Waals surface area contributed by atoms with Crippen LogP contribution in [0, 0.1) is 45.8 Å². The summed E-state index contributed by atoms with van der Waals surface area (Å²) in [5.41, 5.74) is 2.24. The molecule has 3 saturated carbocycles. The number of ketones is 1. The number of hydrogen-bond acceptors (Lipinski definition) is 2. The van der Waals surface area contributed by atoms with Crippen molar-refractivity contribution in [1.82, 2.24) is 0 Å². The summed E-state index contributed by atoms with van der Waals surface area (Å²) in [4.78, 5) is 11.9. The summed E-state index contributed by atoms with van der Waals surface area (Å²) >= 11 is 0. The number of fused-ring (bicyclic) bond motifs is 5. The maximum Gasteiger partial charge on any atom is 0.155 e. The molecule has 0 aromatic rings. The predicted molar refractivity (Wildman–Crippen MR) is 106 cm³/mol. The molecule has 0 N–H and O–H groups in total. The lowest BCUT2D eigenvalue weighted by atomic mass is 9.47. The quantitative estimate of drug-likeness (QED) is 0.570. The molecule has 4 rings (SSSR count). The van der Waals surface area contributed by atoms with Gasteiger partial charge in [-0.1, -0.05) is 33.3 Å². The lowest BCUT2D eigenvalue weighted by Gasteiger charge is -2.58. The summed E-state index contributed by atoms with van der Waals surface area (Å²) in [5.74, 6) is 3.63. The van der Waals surface area contributed by atoms with Crippen molar-refractivity contribution in [2.24, 2.45) is 34.5 Å². The molecule has 2 heteroatoms. The van der Waals surface area contributed by atoms with Crippen LogP contribution in [0.25, 0.3) is 0 Å². The van der Waals surface area contributed by atoms with E-state index in [9.17, 15) is 4.79 Å². The monoisotopic (exact) mass is 355 g/mol. The van der Waals surface area contributed by atoms with Gasteiger partial charge >= 0.3 is 0 Å². The maximum absolute atomic E-state index is 11.9. The van der Waals surface area contributed by atoms with Crippen molar-refractivity contribution in [1.29, 1.82) is 5.26 Å². The molecule has 0 aromatic heterocycles. The van der Waals surface area contributed by atoms with E-state index in [1.807, 2.05) is 19.9 Å². The van der Waals surface area contributed by atoms with E-state index in [1.165, 1.54) is 37.7 Å². The summed E-state index contributed by atoms with van der Waals surface area (Å²) in [5, 5.41) is 8.99. The summed E-state index contributed by atoms with van der Waals surface area (Å²) in [7, 11) is 0. The number of hydrogen-bond donors (Lipinski definition) is 0. The zero-order chi connectivity index (χ0) is 18.9. The average molecular weight is 356 g/mol. The number of allylic oxidation sites excluding steroid dienone is 1. The lowest BCUT2D eigenvalue weighted by Crippen LogP contribution is -2.50. The fourth-order valence-corrected chi connectivity index (χ4v) is 7.38. The molecule has 26 heavy (non-hydrogen) atoms. The van der Waals surface area contributed by atoms with Crippen LogP contribution in [0.15, 0.2) is 11.6 Å². The largest absolute Gasteiger partial charge is 0.295 e. The molecule has 2 nitrogen and oxygen atoms in total. The van der Waals surface area contributed by atoms with Crippen molar-refractivity contribution in [3.8, 4) is 6.07 Å². The molecular weight excluding hydrogens is 318 g/mol. The number of carbonyl (C=O) groups is 1. The smallest absolute Gasteiger partial charge is 0.155 e. The zero-order valence-electron chi connectivity index (χ0n) is 17.3. The Morgan fingerprint density at radius 2 is 1.85 bits per heavy atom. The zero-order valence-corrected chi connectivity index (χ0v) is 17.3. The van der Waals surface area contributed by atoms with Crippen LogP contribution in [0.5, 0.6) is 0 Å². The topological polar surface area (TPSA) is 40.9 Å². The lowest BCUT2D eigenvalue weighted by molar-refractivity contribution is -0.117. The van der Waals surface area contributed by atoms with Crippen LogP contribution in [0.2, 0.25) is 0 Å². The molecule has 0 radical (unpaired) electrons. The fourth-order valence-electron chi connectivity index (χ4n) is 7.38. The summed E-state index contributed by atoms with van der Waals surface area (Å²) in [6.45, 7) is 9.01. The molecule has 0 spiro atoms. The third-order valence-corrected chi connectivity index (χ3v) is 8.76. The van der Waals surface area contributed by atoms with E-state index >= 15 is 0 Å². The van der Waals surface area contributed by atoms with Gasteiger partial charge < -0.3 is 0 Å². The first kappa shape index (κ1) is 19.7. The van der Waals surface area contributed by atoms with E-state index in [0.29, 0.717) is 16.6 Å². The van der Waals surface area contributed by atoms with Gasteiger partial charge in [0.15, 0.2) is 5.78 Å². The van der Waals surface area contributed by atoms with E-state index in [2.05, 4.69) is 19.9 Å². The van der Waals surface area contributed by atoms with Gasteiger partial charge in [-0.2, -0.15) is 5.26 Å². The van der Waals surface area contributed by atoms with Gasteiger partial charge in [0.05, 0.1) is 6.07 Å². The summed E-state index contributed by atoms with van der Waals surface area (Å²) in [6.07, 6.45) is 13.5. The van der Waals surface area contributed by atoms with Crippen LogP contribution in [0.3, 0.4) is 0 Å². The van der Waals surface area contributed by atoms with Crippen LogP contribution >= 0.6 is 0 Å². The van der Waals surface area contributed by atoms with Gasteiger partial charge in [0.2, 0.25) is 0 Å². The maximum atomic E-state index is 11.9. The van der Waals surface area contributed by atoms with Gasteiger partial charge in [0.1, 0.15) is 0 Å². The summed E-state index contributed by atoms with van der Waals surface area (Å²) < 4.78 is 0. The standard InChI is InChI=1S/C22H31NO.C2H6/c1-21-12-10-20-18(19(21)8-6-15(21)4-3-13-23)7-5-16-14-17(24)9-11-22(16,20)2;1-2/h14-15,18-20H,3-12H2,1-2H3;1-2H3. The first-order chi connectivity index (χ1) is 12.5. The highest BCUT2D eigenvalue weighted by molar-refractivity contribution is 5.91. The van der Waals surface area contributed by atoms with Crippen molar-refractivity contribution < 1.29 is 4.79 Å². The SMILES string of the molecule is CC.CC12CCC(=O)C=C1CCC1C2CCC2(C)C(CCC#N)CCC12. The highest BCUT2D eigenvalue weighted by atomic mass is 16.1. The van der Waals surface area contributed by atoms with Crippen LogP contribution in [-0.2, 0) is 4.79 Å². The first-order valence-corrected chi connectivity index (χ1v) is 11.1. The molecule has 0 aromatic carbocycles. The predicted octanol–water partition coefficient (Wildman–Crippen LogP) is 6.46. The van der Waals surface area contributed by atoms with Gasteiger partial charge in [-0.15, -0.1) is 0 Å². The Morgan fingerprint density at radius 3 is 2.58 bits per heavy atom. The second kappa shape index (κ2) is 7.49. The van der Waals surface area contributed by atoms with Crippen molar-refractivity contribution in [2.75, 3.05) is 0 Å². The Bertz CT molecular complexity index is 614. The highest BCUT2D eigenvalue weighted by Gasteiger charge is 2.58. The number of nitrogens with zero attached hydrogens (tertiary/aromatic N) is 1. The van der Waals surface area contributed by atoms with Gasteiger partial charge in [-0.25, -0.2) is 0 Å². The van der Waals surface area contributed by atoms with Crippen molar-refractivity contribution in [2.45, 2.75) is 91.9 Å². The molecule has 6 unspecified atom stereocenters. The van der Waals surface area contributed by atoms with E-state index in [-0.39, 0.29) is 0 Å². The molecular formula is C24H37NO. The Kier molecular flexibility index (Phi) is 5.66. The second-order valence-electron chi connectivity index (χ2n) is 9.48. The molecule has 0 amide bonds. The van der Waals surface area contributed by atoms with Crippen LogP contribution in [0.1, 0.15) is 91.9 Å². The molecule has 3 fully saturated rings. The van der Waals surface area contributed by atoms with E-state index in [1.54, 1.807) is 0 Å². The van der Waals surface area contributed by atoms with E-state index in [4.69, 9.17) is 5.26 Å². The Morgan fingerprint density at radius 1 is 1.08 bits per heavy atom. The van der Waals surface area contributed by atoms with Gasteiger partial charge in [0.25, 0.3) is 0 Å². The van der Waals surface area contributed by atoms with Gasteiger partial charge in [-0.3, -0.25) is 4.79 Å². The molecule has 144 valence electrons. The molecule has 4 aliphatic carbocycles. The van der Waals surface area contributed by atoms with Crippen molar-refractivity contribution >= 4 is 5.78 Å². The molecule has 4 aliphatic rings. The van der Waals surface area contributed by atoms with Gasteiger partial charge in [0, 0.05) is 12.8 Å². The average Bonchev–Trinajstić information content (AvgIpc) is 2.98. The van der Waals surface area contributed by atoms with Crippen molar-refractivity contribution in [3.63, 3.8) is 0 Å². The van der Waals surface area contributed by atoms with Crippen LogP contribution in [0.4, 0.5) is 0 Å². The second-order valence-corrected chi connectivity index (χ2v) is 9.48. The number of nitriles is 1. The Labute approximate surface area is 160 Å². The molecule has 0 heterocycles. The molecule has 0 saturated heterocycles. The minimum atomic E-state index is 0.295. The Balaban J connectivity index is 0.000000948. The first-order valence-electron chi connectivity index (χ1n) is 11.1. The third-order valence-electron chi connectivity index (χ3n) is 8.76. The Hall–Kier alpha value is -1.10. The number of carbonyl (C=O) groups excluding carboxylic acids is 1. The normalized spacial score (nSPS) is 43.8. The molecule has 0 bridgehead atoms. The van der Waals surface area contributed by atoms with Crippen LogP contribution < -0.4 is 0 Å². The number of rotatable bonds is 2. The minimum Gasteiger partial charge on any atom is -0.295 e.